The molecular weight excluding hydrogens is 271 g/mol. The Bertz CT molecular complexity index is 544. The number of hydrogen-bond acceptors (Lipinski definition) is 4. The molecule has 0 saturated carbocycles. The SMILES string of the molecule is CC(C)(CCO)CNS(=O)(=O)c1ccc(N)cc1F. The third-order valence-electron chi connectivity index (χ3n) is 2.77. The number of sulfonamides is 1. The van der Waals surface area contributed by atoms with Gasteiger partial charge in [-0.1, -0.05) is 13.8 Å². The van der Waals surface area contributed by atoms with E-state index in [1.807, 2.05) is 13.8 Å². The normalized spacial score (nSPS) is 12.6. The molecule has 1 aromatic carbocycles. The van der Waals surface area contributed by atoms with Crippen molar-refractivity contribution in [3.8, 4) is 0 Å². The molecule has 19 heavy (non-hydrogen) atoms. The summed E-state index contributed by atoms with van der Waals surface area (Å²) in [6, 6.07) is 3.43. The summed E-state index contributed by atoms with van der Waals surface area (Å²) in [6.45, 7) is 3.70. The number of nitrogens with two attached hydrogens (primary N) is 1. The van der Waals surface area contributed by atoms with Crippen LogP contribution in [0.15, 0.2) is 23.1 Å². The summed E-state index contributed by atoms with van der Waals surface area (Å²) in [5.41, 5.74) is 5.12. The van der Waals surface area contributed by atoms with E-state index in [0.717, 1.165) is 12.1 Å². The van der Waals surface area contributed by atoms with Crippen LogP contribution < -0.4 is 10.5 Å². The molecule has 5 nitrogen and oxygen atoms in total. The number of halogens is 1. The van der Waals surface area contributed by atoms with E-state index in [2.05, 4.69) is 4.72 Å². The van der Waals surface area contributed by atoms with Crippen molar-refractivity contribution in [2.24, 2.45) is 5.41 Å². The van der Waals surface area contributed by atoms with Gasteiger partial charge in [0.1, 0.15) is 10.7 Å². The first-order chi connectivity index (χ1) is 8.68. The average molecular weight is 290 g/mol. The van der Waals surface area contributed by atoms with E-state index in [4.69, 9.17) is 10.8 Å². The van der Waals surface area contributed by atoms with Gasteiger partial charge >= 0.3 is 0 Å². The van der Waals surface area contributed by atoms with Gasteiger partial charge < -0.3 is 10.8 Å². The van der Waals surface area contributed by atoms with Gasteiger partial charge in [-0.25, -0.2) is 17.5 Å². The third-order valence-corrected chi connectivity index (χ3v) is 4.21. The smallest absolute Gasteiger partial charge is 0.243 e. The summed E-state index contributed by atoms with van der Waals surface area (Å²) >= 11 is 0. The van der Waals surface area contributed by atoms with Crippen LogP contribution in [0.4, 0.5) is 10.1 Å². The summed E-state index contributed by atoms with van der Waals surface area (Å²) < 4.78 is 39.8. The molecule has 0 unspecified atom stereocenters. The molecule has 0 aliphatic rings. The highest BCUT2D eigenvalue weighted by Crippen LogP contribution is 2.21. The molecule has 0 aliphatic heterocycles. The number of hydrogen-bond donors (Lipinski definition) is 3. The molecule has 0 fully saturated rings. The van der Waals surface area contributed by atoms with E-state index in [9.17, 15) is 12.8 Å². The Morgan fingerprint density at radius 2 is 2.05 bits per heavy atom. The maximum Gasteiger partial charge on any atom is 0.243 e. The molecule has 0 heterocycles. The zero-order chi connectivity index (χ0) is 14.7. The highest BCUT2D eigenvalue weighted by molar-refractivity contribution is 7.89. The van der Waals surface area contributed by atoms with Crippen molar-refractivity contribution < 1.29 is 17.9 Å². The Hall–Kier alpha value is -1.18. The Morgan fingerprint density at radius 3 is 2.58 bits per heavy atom. The van der Waals surface area contributed by atoms with Gasteiger partial charge in [0.05, 0.1) is 0 Å². The number of aliphatic hydroxyl groups excluding tert-OH is 1. The fourth-order valence-electron chi connectivity index (χ4n) is 1.49. The van der Waals surface area contributed by atoms with Crippen LogP contribution in [-0.4, -0.2) is 26.7 Å². The van der Waals surface area contributed by atoms with Gasteiger partial charge in [-0.2, -0.15) is 0 Å². The van der Waals surface area contributed by atoms with Crippen LogP contribution in [0.1, 0.15) is 20.3 Å². The Labute approximate surface area is 112 Å². The van der Waals surface area contributed by atoms with Crippen LogP contribution in [0.2, 0.25) is 0 Å². The summed E-state index contributed by atoms with van der Waals surface area (Å²) in [7, 11) is -3.92. The topological polar surface area (TPSA) is 92.4 Å². The molecule has 0 aromatic heterocycles. The van der Waals surface area contributed by atoms with E-state index >= 15 is 0 Å². The molecule has 0 amide bonds. The minimum absolute atomic E-state index is 0.0367. The van der Waals surface area contributed by atoms with Crippen molar-refractivity contribution in [2.45, 2.75) is 25.2 Å². The van der Waals surface area contributed by atoms with Gasteiger partial charge in [-0.05, 0) is 30.0 Å². The molecule has 0 bridgehead atoms. The maximum atomic E-state index is 13.6. The maximum absolute atomic E-state index is 13.6. The molecule has 1 aromatic rings. The number of nitrogen functional groups attached to an aromatic ring is 1. The highest BCUT2D eigenvalue weighted by atomic mass is 32.2. The molecule has 0 spiro atoms. The second-order valence-electron chi connectivity index (χ2n) is 5.15. The molecule has 7 heteroatoms. The minimum Gasteiger partial charge on any atom is -0.399 e. The minimum atomic E-state index is -3.92. The van der Waals surface area contributed by atoms with Crippen LogP contribution in [0.25, 0.3) is 0 Å². The Kier molecular flexibility index (Phi) is 4.89. The average Bonchev–Trinajstić information content (AvgIpc) is 2.26. The van der Waals surface area contributed by atoms with Crippen LogP contribution >= 0.6 is 0 Å². The molecule has 4 N–H and O–H groups in total. The van der Waals surface area contributed by atoms with Gasteiger partial charge in [0.15, 0.2) is 0 Å². The number of nitrogens with one attached hydrogen (secondary N) is 1. The lowest BCUT2D eigenvalue weighted by Gasteiger charge is -2.23. The van der Waals surface area contributed by atoms with Crippen LogP contribution in [0.3, 0.4) is 0 Å². The fraction of sp³-hybridized carbons (Fsp3) is 0.500. The van der Waals surface area contributed by atoms with Crippen molar-refractivity contribution >= 4 is 15.7 Å². The van der Waals surface area contributed by atoms with E-state index in [-0.39, 0.29) is 18.8 Å². The number of benzene rings is 1. The second kappa shape index (κ2) is 5.85. The third kappa shape index (κ3) is 4.45. The first-order valence-corrected chi connectivity index (χ1v) is 7.32. The van der Waals surface area contributed by atoms with Crippen LogP contribution in [0, 0.1) is 11.2 Å². The monoisotopic (exact) mass is 290 g/mol. The van der Waals surface area contributed by atoms with Gasteiger partial charge in [-0.15, -0.1) is 0 Å². The number of rotatable bonds is 6. The molecule has 0 atom stereocenters. The number of aliphatic hydroxyl groups is 1. The second-order valence-corrected chi connectivity index (χ2v) is 6.89. The summed E-state index contributed by atoms with van der Waals surface area (Å²) in [4.78, 5) is -0.429. The summed E-state index contributed by atoms with van der Waals surface area (Å²) in [5.74, 6) is -0.882. The lowest BCUT2D eigenvalue weighted by atomic mass is 9.90. The predicted molar refractivity (Wildman–Crippen MR) is 71.5 cm³/mol. The van der Waals surface area contributed by atoms with Crippen molar-refractivity contribution in [1.82, 2.24) is 4.72 Å². The summed E-state index contributed by atoms with van der Waals surface area (Å²) in [5, 5.41) is 8.87. The number of anilines is 1. The highest BCUT2D eigenvalue weighted by Gasteiger charge is 2.24. The van der Waals surface area contributed by atoms with E-state index in [1.165, 1.54) is 6.07 Å². The van der Waals surface area contributed by atoms with Gasteiger partial charge in [0.25, 0.3) is 0 Å². The summed E-state index contributed by atoms with van der Waals surface area (Å²) in [6.07, 6.45) is 0.444. The zero-order valence-electron chi connectivity index (χ0n) is 11.0. The van der Waals surface area contributed by atoms with E-state index < -0.39 is 26.2 Å². The molecule has 0 radical (unpaired) electrons. The predicted octanol–water partition coefficient (Wildman–Crippen LogP) is 1.09. The molecule has 1 rings (SSSR count). The van der Waals surface area contributed by atoms with Crippen molar-refractivity contribution in [2.75, 3.05) is 18.9 Å². The van der Waals surface area contributed by atoms with Gasteiger partial charge in [0, 0.05) is 18.8 Å². The zero-order valence-corrected chi connectivity index (χ0v) is 11.8. The van der Waals surface area contributed by atoms with E-state index in [1.54, 1.807) is 0 Å². The van der Waals surface area contributed by atoms with E-state index in [0.29, 0.717) is 6.42 Å². The molecule has 0 saturated heterocycles. The molecule has 0 aliphatic carbocycles. The van der Waals surface area contributed by atoms with Gasteiger partial charge in [0.2, 0.25) is 10.0 Å². The Morgan fingerprint density at radius 1 is 1.42 bits per heavy atom. The van der Waals surface area contributed by atoms with Crippen molar-refractivity contribution in [1.29, 1.82) is 0 Å². The standard InChI is InChI=1S/C12H19FN2O3S/c1-12(2,5-6-16)8-15-19(17,18)11-4-3-9(14)7-10(11)13/h3-4,7,15-16H,5-6,8,14H2,1-2H3. The fourth-order valence-corrected chi connectivity index (χ4v) is 2.79. The lowest BCUT2D eigenvalue weighted by molar-refractivity contribution is 0.213. The first-order valence-electron chi connectivity index (χ1n) is 5.83. The van der Waals surface area contributed by atoms with Crippen molar-refractivity contribution in [3.63, 3.8) is 0 Å². The molecule has 108 valence electrons. The molecular formula is C12H19FN2O3S. The Balaban J connectivity index is 2.87. The van der Waals surface area contributed by atoms with Gasteiger partial charge in [-0.3, -0.25) is 0 Å². The lowest BCUT2D eigenvalue weighted by Crippen LogP contribution is -2.35. The first kappa shape index (κ1) is 15.9. The van der Waals surface area contributed by atoms with Crippen LogP contribution in [-0.2, 0) is 10.0 Å². The van der Waals surface area contributed by atoms with Crippen LogP contribution in [0.5, 0.6) is 0 Å². The quantitative estimate of drug-likeness (QED) is 0.684. The van der Waals surface area contributed by atoms with Crippen molar-refractivity contribution in [3.05, 3.63) is 24.0 Å². The largest absolute Gasteiger partial charge is 0.399 e.